The van der Waals surface area contributed by atoms with Gasteiger partial charge in [-0.05, 0) is 56.5 Å². The number of carboxylic acid groups (broad SMARTS) is 1. The van der Waals surface area contributed by atoms with Crippen LogP contribution in [-0.2, 0) is 20.9 Å². The van der Waals surface area contributed by atoms with Crippen molar-refractivity contribution in [2.24, 2.45) is 0 Å². The molecule has 0 spiro atoms. The topological polar surface area (TPSA) is 114 Å². The SMILES string of the molecule is CC1(NC(=O)COCc2cccc(C(=O)O)c2)CC(C)(NC(=O)COc2ccc(Cl)c(F)c2)C1. The molecule has 0 aliphatic heterocycles. The first-order chi connectivity index (χ1) is 16.0. The lowest BCUT2D eigenvalue weighted by Crippen LogP contribution is -2.69. The van der Waals surface area contributed by atoms with Crippen molar-refractivity contribution in [1.29, 1.82) is 0 Å². The van der Waals surface area contributed by atoms with Crippen LogP contribution in [0.3, 0.4) is 0 Å². The van der Waals surface area contributed by atoms with E-state index in [4.69, 9.17) is 26.2 Å². The van der Waals surface area contributed by atoms with E-state index in [0.29, 0.717) is 18.4 Å². The fraction of sp³-hybridized carbons (Fsp3) is 0.375. The third-order valence-electron chi connectivity index (χ3n) is 5.38. The van der Waals surface area contributed by atoms with Crippen molar-refractivity contribution in [3.05, 3.63) is 64.4 Å². The molecule has 3 N–H and O–H groups in total. The summed E-state index contributed by atoms with van der Waals surface area (Å²) in [6.07, 6.45) is 1.02. The van der Waals surface area contributed by atoms with Crippen LogP contribution >= 0.6 is 11.6 Å². The Hall–Kier alpha value is -3.17. The molecule has 34 heavy (non-hydrogen) atoms. The van der Waals surface area contributed by atoms with Gasteiger partial charge in [0.25, 0.3) is 5.91 Å². The summed E-state index contributed by atoms with van der Waals surface area (Å²) in [7, 11) is 0. The maximum absolute atomic E-state index is 13.5. The van der Waals surface area contributed by atoms with Gasteiger partial charge in [-0.25, -0.2) is 9.18 Å². The van der Waals surface area contributed by atoms with Gasteiger partial charge < -0.3 is 25.2 Å². The second-order valence-corrected chi connectivity index (χ2v) is 9.34. The number of hydrogen-bond donors (Lipinski definition) is 3. The molecule has 1 saturated carbocycles. The first-order valence-corrected chi connectivity index (χ1v) is 10.9. The van der Waals surface area contributed by atoms with Gasteiger partial charge in [-0.15, -0.1) is 0 Å². The number of rotatable bonds is 10. The molecule has 1 fully saturated rings. The predicted octanol–water partition coefficient (Wildman–Crippen LogP) is 3.32. The van der Waals surface area contributed by atoms with Gasteiger partial charge in [0.1, 0.15) is 18.2 Å². The molecule has 2 aromatic rings. The molecule has 0 atom stereocenters. The van der Waals surface area contributed by atoms with Gasteiger partial charge in [0.2, 0.25) is 5.91 Å². The van der Waals surface area contributed by atoms with E-state index in [2.05, 4.69) is 10.6 Å². The Balaban J connectivity index is 1.38. The highest BCUT2D eigenvalue weighted by atomic mass is 35.5. The molecule has 0 saturated heterocycles. The number of benzene rings is 2. The van der Waals surface area contributed by atoms with Gasteiger partial charge in [0.15, 0.2) is 6.61 Å². The Kier molecular flexibility index (Phi) is 7.78. The minimum atomic E-state index is -1.03. The number of nitrogens with one attached hydrogen (secondary N) is 2. The third-order valence-corrected chi connectivity index (χ3v) is 5.69. The summed E-state index contributed by atoms with van der Waals surface area (Å²) >= 11 is 5.62. The van der Waals surface area contributed by atoms with Gasteiger partial charge in [-0.2, -0.15) is 0 Å². The Bertz CT molecular complexity index is 1090. The van der Waals surface area contributed by atoms with Crippen molar-refractivity contribution in [2.45, 2.75) is 44.4 Å². The molecule has 1 aliphatic rings. The maximum atomic E-state index is 13.5. The maximum Gasteiger partial charge on any atom is 0.335 e. The Labute approximate surface area is 201 Å². The van der Waals surface area contributed by atoms with E-state index in [9.17, 15) is 18.8 Å². The molecule has 3 rings (SSSR count). The lowest BCUT2D eigenvalue weighted by atomic mass is 9.64. The first kappa shape index (κ1) is 25.5. The molecular formula is C24H26ClFN2O6. The molecule has 0 bridgehead atoms. The molecular weight excluding hydrogens is 467 g/mol. The number of carboxylic acids is 1. The van der Waals surface area contributed by atoms with E-state index in [0.717, 1.165) is 6.07 Å². The van der Waals surface area contributed by atoms with Crippen LogP contribution < -0.4 is 15.4 Å². The summed E-state index contributed by atoms with van der Waals surface area (Å²) in [5.74, 6) is -2.13. The molecule has 1 aliphatic carbocycles. The quantitative estimate of drug-likeness (QED) is 0.469. The summed E-state index contributed by atoms with van der Waals surface area (Å²) < 4.78 is 24.2. The van der Waals surface area contributed by atoms with Crippen LogP contribution in [0, 0.1) is 5.82 Å². The van der Waals surface area contributed by atoms with E-state index in [-0.39, 0.29) is 48.0 Å². The Morgan fingerprint density at radius 1 is 1.03 bits per heavy atom. The normalized spacial score (nSPS) is 21.3. The molecule has 182 valence electrons. The van der Waals surface area contributed by atoms with Gasteiger partial charge in [0, 0.05) is 17.1 Å². The highest BCUT2D eigenvalue weighted by molar-refractivity contribution is 6.30. The summed E-state index contributed by atoms with van der Waals surface area (Å²) in [5, 5.41) is 14.8. The van der Waals surface area contributed by atoms with Crippen molar-refractivity contribution in [3.8, 4) is 5.75 Å². The summed E-state index contributed by atoms with van der Waals surface area (Å²) in [5.41, 5.74) is -0.224. The van der Waals surface area contributed by atoms with Gasteiger partial charge in [0.05, 0.1) is 17.2 Å². The summed E-state index contributed by atoms with van der Waals surface area (Å²) in [4.78, 5) is 35.6. The first-order valence-electron chi connectivity index (χ1n) is 10.6. The van der Waals surface area contributed by atoms with Crippen LogP contribution in [-0.4, -0.2) is 47.2 Å². The molecule has 0 radical (unpaired) electrons. The summed E-state index contributed by atoms with van der Waals surface area (Å²) in [6, 6.07) is 10.2. The van der Waals surface area contributed by atoms with E-state index in [1.807, 2.05) is 13.8 Å². The van der Waals surface area contributed by atoms with Gasteiger partial charge >= 0.3 is 5.97 Å². The van der Waals surface area contributed by atoms with Crippen molar-refractivity contribution in [2.75, 3.05) is 13.2 Å². The third kappa shape index (κ3) is 6.91. The van der Waals surface area contributed by atoms with Crippen LogP contribution in [0.2, 0.25) is 5.02 Å². The van der Waals surface area contributed by atoms with Crippen LogP contribution in [0.5, 0.6) is 5.75 Å². The number of aromatic carboxylic acids is 1. The van der Waals surface area contributed by atoms with E-state index >= 15 is 0 Å². The predicted molar refractivity (Wildman–Crippen MR) is 122 cm³/mol. The average Bonchev–Trinajstić information content (AvgIpc) is 2.73. The zero-order chi connectivity index (χ0) is 24.9. The molecule has 2 amide bonds. The number of hydrogen-bond acceptors (Lipinski definition) is 5. The number of ether oxygens (including phenoxy) is 2. The molecule has 0 unspecified atom stereocenters. The van der Waals surface area contributed by atoms with Crippen LogP contribution in [0.25, 0.3) is 0 Å². The second-order valence-electron chi connectivity index (χ2n) is 8.93. The average molecular weight is 493 g/mol. The monoisotopic (exact) mass is 492 g/mol. The number of carbonyl (C=O) groups excluding carboxylic acids is 2. The lowest BCUT2D eigenvalue weighted by molar-refractivity contribution is -0.131. The minimum Gasteiger partial charge on any atom is -0.484 e. The van der Waals surface area contributed by atoms with Crippen molar-refractivity contribution < 1.29 is 33.4 Å². The smallest absolute Gasteiger partial charge is 0.335 e. The van der Waals surface area contributed by atoms with E-state index in [1.54, 1.807) is 12.1 Å². The molecule has 8 nitrogen and oxygen atoms in total. The second kappa shape index (κ2) is 10.4. The number of halogens is 2. The zero-order valence-electron chi connectivity index (χ0n) is 18.8. The molecule has 2 aromatic carbocycles. The van der Waals surface area contributed by atoms with Gasteiger partial charge in [-0.1, -0.05) is 23.7 Å². The number of carbonyl (C=O) groups is 3. The van der Waals surface area contributed by atoms with Crippen molar-refractivity contribution in [1.82, 2.24) is 10.6 Å². The Morgan fingerprint density at radius 3 is 2.29 bits per heavy atom. The van der Waals surface area contributed by atoms with E-state index < -0.39 is 22.9 Å². The van der Waals surface area contributed by atoms with Crippen molar-refractivity contribution >= 4 is 29.4 Å². The lowest BCUT2D eigenvalue weighted by Gasteiger charge is -2.53. The molecule has 0 aromatic heterocycles. The highest BCUT2D eigenvalue weighted by Crippen LogP contribution is 2.40. The standard InChI is InChI=1S/C24H26ClFN2O6/c1-23(27-20(29)11-33-10-15-4-3-5-16(8-15)22(31)32)13-24(2,14-23)28-21(30)12-34-17-6-7-18(25)19(26)9-17/h3-9H,10-14H2,1-2H3,(H,27,29)(H,28,30)(H,31,32). The molecule has 0 heterocycles. The fourth-order valence-electron chi connectivity index (χ4n) is 4.36. The fourth-order valence-corrected chi connectivity index (χ4v) is 4.48. The summed E-state index contributed by atoms with van der Waals surface area (Å²) in [6.45, 7) is 3.39. The Morgan fingerprint density at radius 2 is 1.68 bits per heavy atom. The highest BCUT2D eigenvalue weighted by Gasteiger charge is 2.50. The van der Waals surface area contributed by atoms with Gasteiger partial charge in [-0.3, -0.25) is 9.59 Å². The number of amides is 2. The minimum absolute atomic E-state index is 0.0297. The van der Waals surface area contributed by atoms with E-state index in [1.165, 1.54) is 24.3 Å². The molecule has 10 heteroatoms. The van der Waals surface area contributed by atoms with Crippen LogP contribution in [0.4, 0.5) is 4.39 Å². The van der Waals surface area contributed by atoms with Crippen LogP contribution in [0.1, 0.15) is 42.6 Å². The zero-order valence-corrected chi connectivity index (χ0v) is 19.6. The largest absolute Gasteiger partial charge is 0.484 e. The van der Waals surface area contributed by atoms with Crippen molar-refractivity contribution in [3.63, 3.8) is 0 Å². The van der Waals surface area contributed by atoms with Crippen LogP contribution in [0.15, 0.2) is 42.5 Å².